The van der Waals surface area contributed by atoms with Crippen LogP contribution in [0.1, 0.15) is 34.1 Å². The van der Waals surface area contributed by atoms with Crippen LogP contribution in [0.3, 0.4) is 0 Å². The van der Waals surface area contributed by atoms with Crippen molar-refractivity contribution in [1.82, 2.24) is 27.4 Å². The zero-order valence-electron chi connectivity index (χ0n) is 21.6. The summed E-state index contributed by atoms with van der Waals surface area (Å²) in [4.78, 5) is 76.8. The summed E-state index contributed by atoms with van der Waals surface area (Å²) in [6.45, 7) is 4.21. The van der Waals surface area contributed by atoms with Crippen molar-refractivity contribution in [3.63, 3.8) is 0 Å². The monoisotopic (exact) mass is 528 g/mol. The second kappa shape index (κ2) is 12.3. The lowest BCUT2D eigenvalue weighted by molar-refractivity contribution is 0.222. The summed E-state index contributed by atoms with van der Waals surface area (Å²) in [6, 6.07) is 0. The second-order valence-corrected chi connectivity index (χ2v) is 9.98. The van der Waals surface area contributed by atoms with E-state index in [1.165, 1.54) is 0 Å². The molecule has 208 valence electrons. The van der Waals surface area contributed by atoms with Crippen molar-refractivity contribution in [2.75, 3.05) is 19.8 Å². The van der Waals surface area contributed by atoms with E-state index >= 15 is 0 Å². The molecule has 15 heteroatoms. The van der Waals surface area contributed by atoms with E-state index in [4.69, 9.17) is 0 Å². The van der Waals surface area contributed by atoms with Crippen molar-refractivity contribution in [1.29, 1.82) is 0 Å². The summed E-state index contributed by atoms with van der Waals surface area (Å²) in [5.74, 6) is -0.0714. The lowest BCUT2D eigenvalue weighted by Gasteiger charge is -2.26. The van der Waals surface area contributed by atoms with Gasteiger partial charge in [-0.1, -0.05) is 27.7 Å². The van der Waals surface area contributed by atoms with Gasteiger partial charge in [-0.25, -0.2) is 56.2 Å². The maximum absolute atomic E-state index is 13.0. The van der Waals surface area contributed by atoms with Crippen LogP contribution in [-0.2, 0) is 39.3 Å². The zero-order valence-corrected chi connectivity index (χ0v) is 21.6. The van der Waals surface area contributed by atoms with E-state index in [0.717, 1.165) is 18.3 Å². The van der Waals surface area contributed by atoms with Crippen molar-refractivity contribution < 1.29 is 15.3 Å². The van der Waals surface area contributed by atoms with Crippen LogP contribution in [0.25, 0.3) is 0 Å². The van der Waals surface area contributed by atoms with Crippen molar-refractivity contribution in [2.45, 2.75) is 73.4 Å². The van der Waals surface area contributed by atoms with Crippen LogP contribution in [0.2, 0.25) is 0 Å². The Morgan fingerprint density at radius 3 is 1.24 bits per heavy atom. The lowest BCUT2D eigenvalue weighted by atomic mass is 9.89. The maximum atomic E-state index is 13.0. The second-order valence-electron chi connectivity index (χ2n) is 9.98. The molecular formula is C22H36N6O9. The molecule has 0 amide bonds. The number of hydrogen-bond acceptors (Lipinski definition) is 9. The number of rotatable bonds is 13. The Hall–Kier alpha value is -3.30. The molecule has 0 aromatic carbocycles. The summed E-state index contributed by atoms with van der Waals surface area (Å²) >= 11 is 0. The number of aliphatic hydroxyl groups excluding tert-OH is 3. The van der Waals surface area contributed by atoms with Gasteiger partial charge in [-0.2, -0.15) is 0 Å². The third kappa shape index (κ3) is 6.53. The Morgan fingerprint density at radius 1 is 0.568 bits per heavy atom. The molecule has 37 heavy (non-hydrogen) atoms. The smallest absolute Gasteiger partial charge is 0.336 e. The van der Waals surface area contributed by atoms with Crippen molar-refractivity contribution in [2.24, 2.45) is 11.3 Å². The molecule has 0 aliphatic carbocycles. The Morgan fingerprint density at radius 2 is 0.892 bits per heavy atom. The van der Waals surface area contributed by atoms with Crippen LogP contribution in [0, 0.1) is 11.3 Å². The molecule has 0 aliphatic heterocycles. The van der Waals surface area contributed by atoms with Crippen molar-refractivity contribution in [3.8, 4) is 0 Å². The third-order valence-corrected chi connectivity index (χ3v) is 5.89. The molecule has 0 radical (unpaired) electrons. The van der Waals surface area contributed by atoms with Gasteiger partial charge in [-0.15, -0.1) is 0 Å². The zero-order chi connectivity index (χ0) is 28.1. The predicted octanol–water partition coefficient (Wildman–Crippen LogP) is -3.59. The van der Waals surface area contributed by atoms with Crippen LogP contribution < -0.4 is 34.1 Å². The topological polar surface area (TPSA) is 193 Å². The van der Waals surface area contributed by atoms with Gasteiger partial charge in [0.2, 0.25) is 0 Å². The molecule has 2 aromatic rings. The molecule has 0 saturated carbocycles. The average Bonchev–Trinajstić information content (AvgIpc) is 2.82. The van der Waals surface area contributed by atoms with E-state index in [9.17, 15) is 44.1 Å². The van der Waals surface area contributed by atoms with Gasteiger partial charge in [0, 0.05) is 19.6 Å². The number of hydrogen-bond donors (Lipinski definition) is 3. The fraction of sp³-hybridized carbons (Fsp3) is 0.727. The van der Waals surface area contributed by atoms with Crippen LogP contribution in [0.15, 0.2) is 28.8 Å². The summed E-state index contributed by atoms with van der Waals surface area (Å²) in [6.07, 6.45) is 0.117. The van der Waals surface area contributed by atoms with Crippen LogP contribution >= 0.6 is 0 Å². The molecule has 0 atom stereocenters. The molecule has 0 unspecified atom stereocenters. The first-order chi connectivity index (χ1) is 17.3. The highest BCUT2D eigenvalue weighted by Gasteiger charge is 2.25. The van der Waals surface area contributed by atoms with E-state index < -0.39 is 59.4 Å². The summed E-state index contributed by atoms with van der Waals surface area (Å²) in [5, 5.41) is 27.8. The molecule has 15 nitrogen and oxygen atoms in total. The van der Waals surface area contributed by atoms with E-state index in [1.54, 1.807) is 27.7 Å². The Balaban J connectivity index is 2.53. The molecule has 2 aromatic heterocycles. The number of nitrogens with zero attached hydrogens (tertiary/aromatic N) is 6. The minimum Gasteiger partial charge on any atom is -0.395 e. The first kappa shape index (κ1) is 29.9. The molecule has 0 aliphatic rings. The highest BCUT2D eigenvalue weighted by Crippen LogP contribution is 2.22. The van der Waals surface area contributed by atoms with Crippen LogP contribution in [0.5, 0.6) is 0 Å². The Bertz CT molecular complexity index is 1410. The first-order valence-corrected chi connectivity index (χ1v) is 12.0. The minimum absolute atomic E-state index is 0.0684. The van der Waals surface area contributed by atoms with Gasteiger partial charge >= 0.3 is 34.1 Å². The van der Waals surface area contributed by atoms with E-state index in [0.29, 0.717) is 9.13 Å². The van der Waals surface area contributed by atoms with E-state index in [1.807, 2.05) is 0 Å². The minimum atomic E-state index is -0.949. The van der Waals surface area contributed by atoms with Gasteiger partial charge < -0.3 is 15.3 Å². The predicted molar refractivity (Wildman–Crippen MR) is 133 cm³/mol. The van der Waals surface area contributed by atoms with Gasteiger partial charge in [-0.05, 0) is 17.8 Å². The van der Waals surface area contributed by atoms with Crippen molar-refractivity contribution >= 4 is 0 Å². The molecule has 0 saturated heterocycles. The third-order valence-electron chi connectivity index (χ3n) is 5.89. The SMILES string of the molecule is CC(C)Cn1c(=O)n(CCO)c(=O)n(CCC(C)(C)Cn2c(=O)n(CCO)c(=O)n(CCO)c2=O)c1=O. The highest BCUT2D eigenvalue weighted by atomic mass is 16.3. The average molecular weight is 529 g/mol. The van der Waals surface area contributed by atoms with Gasteiger partial charge in [0.15, 0.2) is 0 Å². The van der Waals surface area contributed by atoms with Gasteiger partial charge in [0.25, 0.3) is 0 Å². The Kier molecular flexibility index (Phi) is 9.94. The normalized spacial score (nSPS) is 12.0. The quantitative estimate of drug-likeness (QED) is 0.236. The van der Waals surface area contributed by atoms with E-state index in [-0.39, 0.29) is 51.6 Å². The summed E-state index contributed by atoms with van der Waals surface area (Å²) < 4.78 is 4.84. The fourth-order valence-electron chi connectivity index (χ4n) is 4.01. The molecule has 0 spiro atoms. The fourth-order valence-corrected chi connectivity index (χ4v) is 4.01. The van der Waals surface area contributed by atoms with Crippen LogP contribution in [0.4, 0.5) is 0 Å². The van der Waals surface area contributed by atoms with Gasteiger partial charge in [0.05, 0.1) is 39.5 Å². The highest BCUT2D eigenvalue weighted by molar-refractivity contribution is 4.84. The van der Waals surface area contributed by atoms with Gasteiger partial charge in [-0.3, -0.25) is 0 Å². The number of aliphatic hydroxyl groups is 3. The van der Waals surface area contributed by atoms with Crippen molar-refractivity contribution in [3.05, 3.63) is 62.9 Å². The number of aromatic nitrogens is 6. The van der Waals surface area contributed by atoms with E-state index in [2.05, 4.69) is 0 Å². The summed E-state index contributed by atoms with van der Waals surface area (Å²) in [7, 11) is 0. The standard InChI is InChI=1S/C22H36N6O9/c1-15(2)13-27-18(34)23(16(32)24(7-10-29)19(27)35)6-5-22(3,4)14-28-20(36)25(8-11-30)17(33)26(9-12-31)21(28)37/h15,29-31H,5-14H2,1-4H3. The molecule has 2 heterocycles. The maximum Gasteiger partial charge on any atom is 0.336 e. The van der Waals surface area contributed by atoms with Gasteiger partial charge in [0.1, 0.15) is 0 Å². The first-order valence-electron chi connectivity index (χ1n) is 12.0. The molecule has 3 N–H and O–H groups in total. The van der Waals surface area contributed by atoms with Crippen LogP contribution in [-0.4, -0.2) is 62.5 Å². The summed E-state index contributed by atoms with van der Waals surface area (Å²) in [5.41, 5.74) is -6.16. The molecule has 0 fully saturated rings. The molecule has 2 rings (SSSR count). The molecule has 0 bridgehead atoms. The molecular weight excluding hydrogens is 492 g/mol. The largest absolute Gasteiger partial charge is 0.395 e. The lowest BCUT2D eigenvalue weighted by Crippen LogP contribution is -2.56. The Labute approximate surface area is 210 Å².